The van der Waals surface area contributed by atoms with Crippen molar-refractivity contribution in [2.45, 2.75) is 37.8 Å². The number of anilines is 1. The molecule has 0 saturated heterocycles. The van der Waals surface area contributed by atoms with Crippen LogP contribution in [0.4, 0.5) is 11.4 Å². The van der Waals surface area contributed by atoms with E-state index in [1.807, 2.05) is 0 Å². The summed E-state index contributed by atoms with van der Waals surface area (Å²) in [4.78, 5) is 38.6. The molecular weight excluding hydrogens is 544 g/mol. The second-order valence-electron chi connectivity index (χ2n) is 8.56. The van der Waals surface area contributed by atoms with Crippen LogP contribution in [-0.4, -0.2) is 49.2 Å². The largest absolute Gasteiger partial charge is 0.355 e. The van der Waals surface area contributed by atoms with Gasteiger partial charge in [-0.1, -0.05) is 48.9 Å². The molecule has 10 nitrogen and oxygen atoms in total. The van der Waals surface area contributed by atoms with Gasteiger partial charge in [-0.05, 0) is 55.3 Å². The standard InChI is InChI=1S/C27H29ClN4O6S/c1-3-25(27(34)29-4-2)30(18-20-10-12-21(28)13-11-20)26(33)19-31(22-14-16-23(17-15-22)32(35)36)39(37,38)24-8-6-5-7-9-24/h5-17,25H,3-4,18-19H2,1-2H3,(H,29,34). The van der Waals surface area contributed by atoms with E-state index in [2.05, 4.69) is 5.32 Å². The third-order valence-electron chi connectivity index (χ3n) is 5.96. The van der Waals surface area contributed by atoms with Gasteiger partial charge >= 0.3 is 0 Å². The summed E-state index contributed by atoms with van der Waals surface area (Å²) >= 11 is 6.01. The van der Waals surface area contributed by atoms with Crippen molar-refractivity contribution in [1.29, 1.82) is 0 Å². The Morgan fingerprint density at radius 2 is 1.59 bits per heavy atom. The summed E-state index contributed by atoms with van der Waals surface area (Å²) in [5, 5.41) is 14.4. The van der Waals surface area contributed by atoms with Gasteiger partial charge in [0, 0.05) is 30.2 Å². The van der Waals surface area contributed by atoms with E-state index in [1.165, 1.54) is 41.3 Å². The van der Waals surface area contributed by atoms with Crippen LogP contribution in [0, 0.1) is 10.1 Å². The number of sulfonamides is 1. The molecule has 0 aliphatic heterocycles. The lowest BCUT2D eigenvalue weighted by atomic mass is 10.1. The molecule has 0 radical (unpaired) electrons. The lowest BCUT2D eigenvalue weighted by Gasteiger charge is -2.33. The van der Waals surface area contributed by atoms with Gasteiger partial charge < -0.3 is 10.2 Å². The fourth-order valence-electron chi connectivity index (χ4n) is 3.99. The van der Waals surface area contributed by atoms with E-state index in [9.17, 15) is 28.1 Å². The maximum Gasteiger partial charge on any atom is 0.269 e. The molecule has 0 aromatic heterocycles. The average molecular weight is 573 g/mol. The van der Waals surface area contributed by atoms with Crippen LogP contribution in [0.5, 0.6) is 0 Å². The summed E-state index contributed by atoms with van der Waals surface area (Å²) in [6, 6.07) is 18.3. The van der Waals surface area contributed by atoms with Crippen molar-refractivity contribution in [3.63, 3.8) is 0 Å². The average Bonchev–Trinajstić information content (AvgIpc) is 2.93. The highest BCUT2D eigenvalue weighted by molar-refractivity contribution is 7.92. The zero-order valence-corrected chi connectivity index (χ0v) is 23.1. The Balaban J connectivity index is 2.06. The second kappa shape index (κ2) is 13.2. The molecule has 0 spiro atoms. The minimum atomic E-state index is -4.26. The van der Waals surface area contributed by atoms with E-state index >= 15 is 0 Å². The molecule has 3 rings (SSSR count). The van der Waals surface area contributed by atoms with Crippen LogP contribution in [-0.2, 0) is 26.2 Å². The van der Waals surface area contributed by atoms with E-state index in [0.29, 0.717) is 17.1 Å². The molecule has 1 atom stereocenters. The van der Waals surface area contributed by atoms with Gasteiger partial charge in [-0.3, -0.25) is 24.0 Å². The van der Waals surface area contributed by atoms with Crippen LogP contribution >= 0.6 is 11.6 Å². The SMILES string of the molecule is CCNC(=O)C(CC)N(Cc1ccc(Cl)cc1)C(=O)CN(c1ccc([N+](=O)[O-])cc1)S(=O)(=O)c1ccccc1. The quantitative estimate of drug-likeness (QED) is 0.253. The van der Waals surface area contributed by atoms with Gasteiger partial charge in [0.1, 0.15) is 12.6 Å². The molecule has 0 saturated carbocycles. The fraction of sp³-hybridized carbons (Fsp3) is 0.259. The van der Waals surface area contributed by atoms with Crippen molar-refractivity contribution >= 4 is 44.8 Å². The normalized spacial score (nSPS) is 11.9. The summed E-state index contributed by atoms with van der Waals surface area (Å²) in [5.41, 5.74) is 0.535. The number of hydrogen-bond acceptors (Lipinski definition) is 6. The van der Waals surface area contributed by atoms with Crippen molar-refractivity contribution < 1.29 is 22.9 Å². The lowest BCUT2D eigenvalue weighted by molar-refractivity contribution is -0.384. The van der Waals surface area contributed by atoms with E-state index < -0.39 is 33.4 Å². The Morgan fingerprint density at radius 3 is 2.13 bits per heavy atom. The number of likely N-dealkylation sites (N-methyl/N-ethyl adjacent to an activating group) is 1. The van der Waals surface area contributed by atoms with E-state index in [0.717, 1.165) is 4.31 Å². The molecular formula is C27H29ClN4O6S. The molecule has 1 N–H and O–H groups in total. The van der Waals surface area contributed by atoms with Gasteiger partial charge in [0.15, 0.2) is 0 Å². The number of nitrogens with one attached hydrogen (secondary N) is 1. The van der Waals surface area contributed by atoms with E-state index in [-0.39, 0.29) is 35.1 Å². The molecule has 0 aliphatic carbocycles. The maximum absolute atomic E-state index is 13.9. The number of halogens is 1. The Hall–Kier alpha value is -3.96. The van der Waals surface area contributed by atoms with Gasteiger partial charge in [-0.25, -0.2) is 8.42 Å². The Kier molecular flexibility index (Phi) is 10.0. The monoisotopic (exact) mass is 572 g/mol. The molecule has 3 aromatic rings. The van der Waals surface area contributed by atoms with Gasteiger partial charge in [-0.2, -0.15) is 0 Å². The highest BCUT2D eigenvalue weighted by atomic mass is 35.5. The number of nitro groups is 1. The highest BCUT2D eigenvalue weighted by Gasteiger charge is 2.33. The first-order valence-electron chi connectivity index (χ1n) is 12.2. The molecule has 0 fully saturated rings. The third-order valence-corrected chi connectivity index (χ3v) is 8.00. The predicted molar refractivity (Wildman–Crippen MR) is 149 cm³/mol. The number of amides is 2. The molecule has 0 aliphatic rings. The zero-order chi connectivity index (χ0) is 28.6. The predicted octanol–water partition coefficient (Wildman–Crippen LogP) is 4.39. The fourth-order valence-corrected chi connectivity index (χ4v) is 5.55. The summed E-state index contributed by atoms with van der Waals surface area (Å²) in [6.45, 7) is 3.27. The second-order valence-corrected chi connectivity index (χ2v) is 10.9. The Bertz CT molecular complexity index is 1400. The first kappa shape index (κ1) is 29.6. The summed E-state index contributed by atoms with van der Waals surface area (Å²) in [6.07, 6.45) is 0.286. The summed E-state index contributed by atoms with van der Waals surface area (Å²) in [5.74, 6) is -0.990. The number of hydrogen-bond donors (Lipinski definition) is 1. The van der Waals surface area contributed by atoms with E-state index in [1.54, 1.807) is 56.3 Å². The number of carbonyl (C=O) groups is 2. The number of carbonyl (C=O) groups excluding carboxylic acids is 2. The van der Waals surface area contributed by atoms with Gasteiger partial charge in [-0.15, -0.1) is 0 Å². The van der Waals surface area contributed by atoms with Gasteiger partial charge in [0.25, 0.3) is 15.7 Å². The number of benzene rings is 3. The highest BCUT2D eigenvalue weighted by Crippen LogP contribution is 2.27. The van der Waals surface area contributed by atoms with Crippen LogP contribution < -0.4 is 9.62 Å². The Morgan fingerprint density at radius 1 is 0.974 bits per heavy atom. The molecule has 2 amide bonds. The lowest BCUT2D eigenvalue weighted by Crippen LogP contribution is -2.52. The van der Waals surface area contributed by atoms with Crippen LogP contribution in [0.2, 0.25) is 5.02 Å². The van der Waals surface area contributed by atoms with Crippen molar-refractivity contribution in [1.82, 2.24) is 10.2 Å². The van der Waals surface area contributed by atoms with Crippen LogP contribution in [0.15, 0.2) is 83.8 Å². The van der Waals surface area contributed by atoms with Crippen molar-refractivity contribution in [3.05, 3.63) is 99.6 Å². The van der Waals surface area contributed by atoms with Gasteiger partial charge in [0.05, 0.1) is 15.5 Å². The maximum atomic E-state index is 13.9. The van der Waals surface area contributed by atoms with Crippen molar-refractivity contribution in [3.8, 4) is 0 Å². The third kappa shape index (κ3) is 7.33. The molecule has 1 unspecified atom stereocenters. The number of nitro benzene ring substituents is 1. The van der Waals surface area contributed by atoms with Crippen molar-refractivity contribution in [2.75, 3.05) is 17.4 Å². The number of rotatable bonds is 12. The summed E-state index contributed by atoms with van der Waals surface area (Å²) in [7, 11) is -4.26. The molecule has 39 heavy (non-hydrogen) atoms. The van der Waals surface area contributed by atoms with Crippen LogP contribution in [0.3, 0.4) is 0 Å². The van der Waals surface area contributed by atoms with Crippen LogP contribution in [0.1, 0.15) is 25.8 Å². The molecule has 0 bridgehead atoms. The van der Waals surface area contributed by atoms with Gasteiger partial charge in [0.2, 0.25) is 11.8 Å². The number of non-ortho nitro benzene ring substituents is 1. The Labute approximate surface area is 232 Å². The zero-order valence-electron chi connectivity index (χ0n) is 21.5. The molecule has 12 heteroatoms. The van der Waals surface area contributed by atoms with E-state index in [4.69, 9.17) is 11.6 Å². The first-order valence-corrected chi connectivity index (χ1v) is 14.0. The molecule has 3 aromatic carbocycles. The topological polar surface area (TPSA) is 130 Å². The molecule has 206 valence electrons. The van der Waals surface area contributed by atoms with Crippen LogP contribution in [0.25, 0.3) is 0 Å². The minimum absolute atomic E-state index is 0.0329. The first-order chi connectivity index (χ1) is 18.6. The smallest absolute Gasteiger partial charge is 0.269 e. The molecule has 0 heterocycles. The number of nitrogens with zero attached hydrogens (tertiary/aromatic N) is 3. The minimum Gasteiger partial charge on any atom is -0.355 e. The summed E-state index contributed by atoms with van der Waals surface area (Å²) < 4.78 is 28.3. The van der Waals surface area contributed by atoms with Crippen molar-refractivity contribution in [2.24, 2.45) is 0 Å².